The highest BCUT2D eigenvalue weighted by molar-refractivity contribution is 6.76. The maximum atomic E-state index is 12.6. The lowest BCUT2D eigenvalue weighted by molar-refractivity contribution is 0.0125. The van der Waals surface area contributed by atoms with Gasteiger partial charge in [-0.2, -0.15) is 5.10 Å². The number of aliphatic imine (C=N–C) groups is 1. The van der Waals surface area contributed by atoms with Gasteiger partial charge in [-0.25, -0.2) is 9.78 Å². The number of amides is 1. The summed E-state index contributed by atoms with van der Waals surface area (Å²) in [6, 6.07) is 5.08. The number of aromatic nitrogens is 5. The van der Waals surface area contributed by atoms with Crippen molar-refractivity contribution in [3.8, 4) is 16.9 Å². The summed E-state index contributed by atoms with van der Waals surface area (Å²) >= 11 is 0. The van der Waals surface area contributed by atoms with Crippen LogP contribution in [-0.2, 0) is 29.7 Å². The molecular weight excluding hydrogens is 611 g/mol. The molecular formula is C35H47N7O4Si. The maximum absolute atomic E-state index is 12.6. The molecule has 0 aliphatic carbocycles. The molecule has 6 rings (SSSR count). The largest absolute Gasteiger partial charge is 0.490 e. The number of fused-ring (bicyclic) bond motifs is 3. The molecule has 11 nitrogen and oxygen atoms in total. The third-order valence-corrected chi connectivity index (χ3v) is 10.3. The van der Waals surface area contributed by atoms with Crippen LogP contribution >= 0.6 is 0 Å². The monoisotopic (exact) mass is 657 g/mol. The Balaban J connectivity index is 1.24. The molecule has 1 atom stereocenters. The lowest BCUT2D eigenvalue weighted by Gasteiger charge is -2.34. The predicted octanol–water partition coefficient (Wildman–Crippen LogP) is 6.64. The van der Waals surface area contributed by atoms with Crippen molar-refractivity contribution in [1.29, 1.82) is 0 Å². The molecule has 0 aromatic carbocycles. The van der Waals surface area contributed by atoms with Crippen molar-refractivity contribution in [3.63, 3.8) is 0 Å². The van der Waals surface area contributed by atoms with Crippen LogP contribution in [0.4, 0.5) is 4.79 Å². The van der Waals surface area contributed by atoms with Crippen LogP contribution in [0.3, 0.4) is 0 Å². The second kappa shape index (κ2) is 13.2. The average molecular weight is 658 g/mol. The number of hydrogen-bond acceptors (Lipinski definition) is 8. The number of aryl methyl sites for hydroxylation is 1. The van der Waals surface area contributed by atoms with Crippen molar-refractivity contribution in [3.05, 3.63) is 59.9 Å². The van der Waals surface area contributed by atoms with Crippen LogP contribution in [0.2, 0.25) is 25.7 Å². The summed E-state index contributed by atoms with van der Waals surface area (Å²) in [5.41, 5.74) is 5.59. The van der Waals surface area contributed by atoms with Gasteiger partial charge < -0.3 is 23.7 Å². The molecule has 2 aliphatic rings. The number of piperidine rings is 1. The third-order valence-electron chi connectivity index (χ3n) is 8.63. The average Bonchev–Trinajstić information content (AvgIpc) is 3.59. The fourth-order valence-electron chi connectivity index (χ4n) is 6.08. The van der Waals surface area contributed by atoms with E-state index in [9.17, 15) is 4.79 Å². The van der Waals surface area contributed by atoms with E-state index in [1.54, 1.807) is 15.8 Å². The van der Waals surface area contributed by atoms with Crippen LogP contribution in [0.1, 0.15) is 56.5 Å². The molecule has 0 bridgehead atoms. The van der Waals surface area contributed by atoms with Gasteiger partial charge in [-0.1, -0.05) is 19.6 Å². The van der Waals surface area contributed by atoms with Crippen LogP contribution < -0.4 is 4.74 Å². The number of ether oxygens (including phenoxy) is 3. The highest BCUT2D eigenvalue weighted by atomic mass is 28.3. The third kappa shape index (κ3) is 7.76. The molecule has 47 heavy (non-hydrogen) atoms. The smallest absolute Gasteiger partial charge is 0.410 e. The first-order chi connectivity index (χ1) is 22.3. The first-order valence-corrected chi connectivity index (χ1v) is 20.2. The lowest BCUT2D eigenvalue weighted by Crippen LogP contribution is -2.44. The molecule has 1 saturated heterocycles. The van der Waals surface area contributed by atoms with E-state index in [4.69, 9.17) is 24.2 Å². The first kappa shape index (κ1) is 32.9. The van der Waals surface area contributed by atoms with Gasteiger partial charge in [0.25, 0.3) is 0 Å². The Morgan fingerprint density at radius 3 is 2.57 bits per heavy atom. The van der Waals surface area contributed by atoms with E-state index in [1.165, 1.54) is 5.56 Å². The van der Waals surface area contributed by atoms with E-state index >= 15 is 0 Å². The van der Waals surface area contributed by atoms with Crippen LogP contribution in [0.25, 0.3) is 22.2 Å². The number of carbonyl (C=O) groups is 1. The molecule has 0 radical (unpaired) electrons. The molecule has 12 heteroatoms. The van der Waals surface area contributed by atoms with Crippen molar-refractivity contribution >= 4 is 31.4 Å². The molecule has 1 unspecified atom stereocenters. The molecule has 0 saturated carbocycles. The van der Waals surface area contributed by atoms with E-state index in [-0.39, 0.29) is 18.2 Å². The molecule has 1 amide bonds. The van der Waals surface area contributed by atoms with Gasteiger partial charge in [-0.3, -0.25) is 14.7 Å². The van der Waals surface area contributed by atoms with Crippen molar-refractivity contribution in [1.82, 2.24) is 29.2 Å². The highest BCUT2D eigenvalue weighted by Gasteiger charge is 2.30. The van der Waals surface area contributed by atoms with Gasteiger partial charge in [0, 0.05) is 107 Å². The zero-order chi connectivity index (χ0) is 33.3. The van der Waals surface area contributed by atoms with Gasteiger partial charge in [0.2, 0.25) is 0 Å². The molecule has 4 aromatic heterocycles. The molecule has 0 N–H and O–H groups in total. The predicted molar refractivity (Wildman–Crippen MR) is 186 cm³/mol. The first-order valence-electron chi connectivity index (χ1n) is 16.5. The SMILES string of the molecule is Cn1cc(-c2cnc3c(c2)c2c(n3COCC[Si](C)(C)C)C=NC(c3cnccc3OC3CCN(C(=O)OC(C)(C)C)CC3)C2)cn1. The standard InChI is InChI=1S/C35H47N7O4Si/c1-35(2,3)46-34(43)41-12-9-26(10-13-41)45-32-8-11-36-20-29(32)30-17-27-28-16-24(25-19-39-40(4)22-25)18-38-33(28)42(31(27)21-37-30)23-44-14-15-47(5,6)7/h8,11,16,18-22,26,30H,9-10,12-15,17,23H2,1-7H3. The normalized spacial score (nSPS) is 17.3. The van der Waals surface area contributed by atoms with Crippen molar-refractivity contribution in [2.45, 2.75) is 90.2 Å². The summed E-state index contributed by atoms with van der Waals surface area (Å²) in [6.45, 7) is 15.1. The van der Waals surface area contributed by atoms with E-state index in [1.807, 2.05) is 64.9 Å². The number of hydrogen-bond donors (Lipinski definition) is 0. The number of likely N-dealkylation sites (tertiary alicyclic amines) is 1. The number of carbonyl (C=O) groups excluding carboxylic acids is 1. The Morgan fingerprint density at radius 2 is 1.87 bits per heavy atom. The molecule has 2 aliphatic heterocycles. The Kier molecular flexibility index (Phi) is 9.26. The number of nitrogens with zero attached hydrogens (tertiary/aromatic N) is 7. The van der Waals surface area contributed by atoms with E-state index in [0.29, 0.717) is 26.2 Å². The minimum absolute atomic E-state index is 0.0144. The van der Waals surface area contributed by atoms with E-state index in [2.05, 4.69) is 40.4 Å². The van der Waals surface area contributed by atoms with Gasteiger partial charge in [0.1, 0.15) is 29.8 Å². The molecule has 4 aromatic rings. The van der Waals surface area contributed by atoms with Crippen molar-refractivity contribution in [2.24, 2.45) is 12.0 Å². The van der Waals surface area contributed by atoms with Crippen LogP contribution in [0.5, 0.6) is 5.75 Å². The zero-order valence-corrected chi connectivity index (χ0v) is 29.7. The summed E-state index contributed by atoms with van der Waals surface area (Å²) in [5.74, 6) is 0.786. The van der Waals surface area contributed by atoms with E-state index < -0.39 is 13.7 Å². The minimum atomic E-state index is -1.22. The van der Waals surface area contributed by atoms with Gasteiger partial charge in [-0.05, 0) is 44.5 Å². The van der Waals surface area contributed by atoms with Crippen molar-refractivity contribution in [2.75, 3.05) is 19.7 Å². The Bertz CT molecular complexity index is 1760. The molecule has 6 heterocycles. The summed E-state index contributed by atoms with van der Waals surface area (Å²) in [6.07, 6.45) is 13.2. The number of pyridine rings is 2. The Morgan fingerprint density at radius 1 is 1.09 bits per heavy atom. The molecule has 250 valence electrons. The van der Waals surface area contributed by atoms with Crippen LogP contribution in [0.15, 0.2) is 48.1 Å². The molecule has 1 fully saturated rings. The Labute approximate surface area is 278 Å². The van der Waals surface area contributed by atoms with Crippen molar-refractivity contribution < 1.29 is 19.0 Å². The summed E-state index contributed by atoms with van der Waals surface area (Å²) < 4.78 is 22.3. The van der Waals surface area contributed by atoms with Gasteiger partial charge in [0.15, 0.2) is 0 Å². The van der Waals surface area contributed by atoms with Gasteiger partial charge in [0.05, 0.1) is 17.9 Å². The minimum Gasteiger partial charge on any atom is -0.490 e. The van der Waals surface area contributed by atoms with Gasteiger partial charge >= 0.3 is 6.09 Å². The fourth-order valence-corrected chi connectivity index (χ4v) is 6.83. The zero-order valence-electron chi connectivity index (χ0n) is 28.7. The number of rotatable bonds is 9. The second-order valence-electron chi connectivity index (χ2n) is 14.8. The maximum Gasteiger partial charge on any atom is 0.410 e. The quantitative estimate of drug-likeness (QED) is 0.147. The summed E-state index contributed by atoms with van der Waals surface area (Å²) in [4.78, 5) is 28.8. The summed E-state index contributed by atoms with van der Waals surface area (Å²) in [5, 5.41) is 5.46. The van der Waals surface area contributed by atoms with Crippen LogP contribution in [-0.4, -0.2) is 81.0 Å². The van der Waals surface area contributed by atoms with Crippen LogP contribution in [0, 0.1) is 0 Å². The molecule has 0 spiro atoms. The highest BCUT2D eigenvalue weighted by Crippen LogP contribution is 2.38. The summed E-state index contributed by atoms with van der Waals surface area (Å²) in [7, 11) is 0.706. The van der Waals surface area contributed by atoms with Gasteiger partial charge in [-0.15, -0.1) is 0 Å². The van der Waals surface area contributed by atoms with E-state index in [0.717, 1.165) is 64.7 Å². The Hall–Kier alpha value is -4.03. The second-order valence-corrected chi connectivity index (χ2v) is 20.5. The fraction of sp³-hybridized carbons (Fsp3) is 0.514. The topological polar surface area (TPSA) is 109 Å². The lowest BCUT2D eigenvalue weighted by atomic mass is 9.95.